The summed E-state index contributed by atoms with van der Waals surface area (Å²) >= 11 is 1.51. The van der Waals surface area contributed by atoms with Crippen LogP contribution >= 0.6 is 11.8 Å². The van der Waals surface area contributed by atoms with Crippen molar-refractivity contribution < 1.29 is 9.21 Å². The van der Waals surface area contributed by atoms with Gasteiger partial charge in [-0.2, -0.15) is 5.26 Å². The van der Waals surface area contributed by atoms with E-state index in [2.05, 4.69) is 6.07 Å². The average molecular weight is 460 g/mol. The lowest BCUT2D eigenvalue weighted by molar-refractivity contribution is -0.124. The van der Waals surface area contributed by atoms with Crippen LogP contribution in [-0.4, -0.2) is 28.1 Å². The maximum absolute atomic E-state index is 13.5. The van der Waals surface area contributed by atoms with E-state index >= 15 is 0 Å². The number of carbonyl (C=O) groups excluding carboxylic acids is 1. The van der Waals surface area contributed by atoms with Crippen molar-refractivity contribution >= 4 is 28.9 Å². The smallest absolute Gasteiger partial charge is 0.267 e. The largest absolute Gasteiger partial charge is 0.457 e. The Morgan fingerprint density at radius 2 is 1.67 bits per heavy atom. The van der Waals surface area contributed by atoms with E-state index in [-0.39, 0.29) is 11.9 Å². The monoisotopic (exact) mass is 459 g/mol. The summed E-state index contributed by atoms with van der Waals surface area (Å²) in [5, 5.41) is 9.89. The minimum Gasteiger partial charge on any atom is -0.457 e. The molecule has 2 saturated carbocycles. The molecular formula is C27H29N3O2S. The van der Waals surface area contributed by atoms with Gasteiger partial charge in [0.2, 0.25) is 0 Å². The lowest BCUT2D eigenvalue weighted by Crippen LogP contribution is -2.41. The van der Waals surface area contributed by atoms with E-state index in [4.69, 9.17) is 14.7 Å². The second-order valence-electron chi connectivity index (χ2n) is 9.17. The molecular weight excluding hydrogens is 430 g/mol. The normalized spacial score (nSPS) is 22.9. The second-order valence-corrected chi connectivity index (χ2v) is 10.2. The first-order valence-corrected chi connectivity index (χ1v) is 12.9. The second kappa shape index (κ2) is 10.0. The standard InChI is InChI=1S/C27H29N3O2S/c28-18-19-11-13-20(14-12-19)24-16-15-23(32-24)17-25-26(31)30(22-9-5-2-6-10-22)27(33-25)29-21-7-3-1-4-8-21/h11-17,21-22H,1-10H2/b25-17-,29-27?. The molecule has 0 spiro atoms. The molecule has 3 fully saturated rings. The third-order valence-electron chi connectivity index (χ3n) is 6.84. The van der Waals surface area contributed by atoms with Crippen LogP contribution in [0.5, 0.6) is 0 Å². The van der Waals surface area contributed by atoms with Crippen molar-refractivity contribution in [2.45, 2.75) is 76.3 Å². The zero-order chi connectivity index (χ0) is 22.6. The van der Waals surface area contributed by atoms with Crippen LogP contribution in [0.25, 0.3) is 17.4 Å². The van der Waals surface area contributed by atoms with Crippen molar-refractivity contribution in [2.24, 2.45) is 4.99 Å². The van der Waals surface area contributed by atoms with Crippen LogP contribution in [0.2, 0.25) is 0 Å². The molecule has 1 aromatic carbocycles. The molecule has 2 heterocycles. The van der Waals surface area contributed by atoms with Crippen molar-refractivity contribution in [1.29, 1.82) is 5.26 Å². The Morgan fingerprint density at radius 3 is 2.36 bits per heavy atom. The summed E-state index contributed by atoms with van der Waals surface area (Å²) in [5.74, 6) is 1.45. The van der Waals surface area contributed by atoms with E-state index in [0.29, 0.717) is 22.3 Å². The number of hydrogen-bond donors (Lipinski definition) is 0. The van der Waals surface area contributed by atoms with Crippen LogP contribution in [0.1, 0.15) is 75.5 Å². The topological polar surface area (TPSA) is 69.6 Å². The number of nitriles is 1. The zero-order valence-corrected chi connectivity index (χ0v) is 19.7. The molecule has 1 amide bonds. The van der Waals surface area contributed by atoms with E-state index < -0.39 is 0 Å². The molecule has 170 valence electrons. The van der Waals surface area contributed by atoms with Crippen LogP contribution in [0.4, 0.5) is 0 Å². The number of aliphatic imine (C=N–C) groups is 1. The summed E-state index contributed by atoms with van der Waals surface area (Å²) in [5.41, 5.74) is 1.53. The number of thioether (sulfide) groups is 1. The molecule has 5 rings (SSSR count). The van der Waals surface area contributed by atoms with Crippen molar-refractivity contribution in [3.63, 3.8) is 0 Å². The van der Waals surface area contributed by atoms with Gasteiger partial charge in [-0.05, 0) is 73.8 Å². The van der Waals surface area contributed by atoms with Gasteiger partial charge in [0.05, 0.1) is 22.6 Å². The van der Waals surface area contributed by atoms with Gasteiger partial charge in [0.15, 0.2) is 5.17 Å². The summed E-state index contributed by atoms with van der Waals surface area (Å²) in [6.07, 6.45) is 13.6. The fourth-order valence-corrected chi connectivity index (χ4v) is 6.12. The average Bonchev–Trinajstić information content (AvgIpc) is 3.45. The Labute approximate surface area is 199 Å². The third kappa shape index (κ3) is 4.94. The number of nitrogens with zero attached hydrogens (tertiary/aromatic N) is 3. The SMILES string of the molecule is N#Cc1ccc(-c2ccc(/C=C3\SC(=NC4CCCCC4)N(C4CCCCC4)C3=O)o2)cc1. The number of furan rings is 1. The Morgan fingerprint density at radius 1 is 0.970 bits per heavy atom. The van der Waals surface area contributed by atoms with Crippen LogP contribution in [0.15, 0.2) is 50.7 Å². The molecule has 2 aromatic rings. The first-order chi connectivity index (χ1) is 16.2. The minimum absolute atomic E-state index is 0.0674. The van der Waals surface area contributed by atoms with Crippen molar-refractivity contribution in [2.75, 3.05) is 0 Å². The lowest BCUT2D eigenvalue weighted by Gasteiger charge is -2.31. The molecule has 0 bridgehead atoms. The maximum Gasteiger partial charge on any atom is 0.267 e. The fraction of sp³-hybridized carbons (Fsp3) is 0.444. The third-order valence-corrected chi connectivity index (χ3v) is 7.84. The highest BCUT2D eigenvalue weighted by Gasteiger charge is 2.39. The Bertz CT molecular complexity index is 1100. The Kier molecular flexibility index (Phi) is 6.68. The van der Waals surface area contributed by atoms with Gasteiger partial charge in [-0.3, -0.25) is 14.7 Å². The van der Waals surface area contributed by atoms with Gasteiger partial charge in [-0.25, -0.2) is 0 Å². The zero-order valence-electron chi connectivity index (χ0n) is 18.8. The number of amides is 1. The van der Waals surface area contributed by atoms with Gasteiger partial charge >= 0.3 is 0 Å². The van der Waals surface area contributed by atoms with E-state index in [0.717, 1.165) is 42.2 Å². The van der Waals surface area contributed by atoms with Gasteiger partial charge in [0, 0.05) is 17.7 Å². The highest BCUT2D eigenvalue weighted by atomic mass is 32.2. The summed E-state index contributed by atoms with van der Waals surface area (Å²) in [4.78, 5) is 21.3. The van der Waals surface area contributed by atoms with Crippen LogP contribution in [0.3, 0.4) is 0 Å². The van der Waals surface area contributed by atoms with Crippen LogP contribution in [-0.2, 0) is 4.79 Å². The van der Waals surface area contributed by atoms with Gasteiger partial charge in [0.25, 0.3) is 5.91 Å². The van der Waals surface area contributed by atoms with Gasteiger partial charge < -0.3 is 4.42 Å². The van der Waals surface area contributed by atoms with Crippen LogP contribution < -0.4 is 0 Å². The molecule has 0 atom stereocenters. The molecule has 0 unspecified atom stereocenters. The maximum atomic E-state index is 13.5. The predicted octanol–water partition coefficient (Wildman–Crippen LogP) is 6.76. The number of rotatable bonds is 4. The van der Waals surface area contributed by atoms with Gasteiger partial charge in [0.1, 0.15) is 11.5 Å². The van der Waals surface area contributed by atoms with Crippen molar-refractivity contribution in [3.8, 4) is 17.4 Å². The first-order valence-electron chi connectivity index (χ1n) is 12.1. The van der Waals surface area contributed by atoms with Gasteiger partial charge in [-0.1, -0.05) is 38.5 Å². The molecule has 0 radical (unpaired) electrons. The quantitative estimate of drug-likeness (QED) is 0.474. The molecule has 5 nitrogen and oxygen atoms in total. The number of benzene rings is 1. The molecule has 1 saturated heterocycles. The minimum atomic E-state index is 0.0674. The highest BCUT2D eigenvalue weighted by Crippen LogP contribution is 2.39. The van der Waals surface area contributed by atoms with E-state index in [1.54, 1.807) is 12.1 Å². The Hall–Kier alpha value is -2.78. The lowest BCUT2D eigenvalue weighted by atomic mass is 9.94. The number of carbonyl (C=O) groups is 1. The van der Waals surface area contributed by atoms with E-state index in [1.807, 2.05) is 35.2 Å². The molecule has 33 heavy (non-hydrogen) atoms. The number of hydrogen-bond acceptors (Lipinski definition) is 5. The summed E-state index contributed by atoms with van der Waals surface area (Å²) < 4.78 is 6.04. The molecule has 6 heteroatoms. The molecule has 2 aliphatic carbocycles. The molecule has 1 aromatic heterocycles. The Balaban J connectivity index is 1.40. The molecule has 3 aliphatic rings. The molecule has 1 aliphatic heterocycles. The van der Waals surface area contributed by atoms with Crippen molar-refractivity contribution in [1.82, 2.24) is 4.90 Å². The van der Waals surface area contributed by atoms with E-state index in [1.165, 1.54) is 50.3 Å². The number of amidine groups is 1. The summed E-state index contributed by atoms with van der Waals surface area (Å²) in [7, 11) is 0. The molecule has 0 N–H and O–H groups in total. The predicted molar refractivity (Wildman–Crippen MR) is 132 cm³/mol. The van der Waals surface area contributed by atoms with Crippen molar-refractivity contribution in [3.05, 3.63) is 52.6 Å². The van der Waals surface area contributed by atoms with Crippen LogP contribution in [0, 0.1) is 11.3 Å². The summed E-state index contributed by atoms with van der Waals surface area (Å²) in [6.45, 7) is 0. The van der Waals surface area contributed by atoms with E-state index in [9.17, 15) is 4.79 Å². The van der Waals surface area contributed by atoms with Gasteiger partial charge in [-0.15, -0.1) is 0 Å². The fourth-order valence-electron chi connectivity index (χ4n) is 5.03. The highest BCUT2D eigenvalue weighted by molar-refractivity contribution is 8.18. The summed E-state index contributed by atoms with van der Waals surface area (Å²) in [6, 6.07) is 13.9. The first kappa shape index (κ1) is 22.0.